The van der Waals surface area contributed by atoms with E-state index in [1.165, 1.54) is 0 Å². The molecule has 1 aliphatic carbocycles. The molecular formula is C16H20N2O3. The molecule has 0 radical (unpaired) electrons. The third kappa shape index (κ3) is 2.93. The van der Waals surface area contributed by atoms with Gasteiger partial charge in [0.15, 0.2) is 0 Å². The fraction of sp³-hybridized carbons (Fsp3) is 0.500. The summed E-state index contributed by atoms with van der Waals surface area (Å²) in [7, 11) is 0. The number of anilines is 1. The number of para-hydroxylation sites is 1. The molecule has 1 saturated heterocycles. The van der Waals surface area contributed by atoms with Gasteiger partial charge in [-0.3, -0.25) is 9.59 Å². The molecule has 1 aromatic rings. The molecule has 0 bridgehead atoms. The molecule has 5 nitrogen and oxygen atoms in total. The van der Waals surface area contributed by atoms with E-state index in [1.807, 2.05) is 12.1 Å². The van der Waals surface area contributed by atoms with Crippen LogP contribution in [0.1, 0.15) is 31.2 Å². The molecular weight excluding hydrogens is 268 g/mol. The maximum atomic E-state index is 12.5. The summed E-state index contributed by atoms with van der Waals surface area (Å²) in [6, 6.07) is 6.81. The van der Waals surface area contributed by atoms with Crippen LogP contribution in [0.2, 0.25) is 0 Å². The normalized spacial score (nSPS) is 21.4. The van der Waals surface area contributed by atoms with Gasteiger partial charge in [-0.2, -0.15) is 0 Å². The first-order chi connectivity index (χ1) is 10.2. The summed E-state index contributed by atoms with van der Waals surface area (Å²) in [6.07, 6.45) is 3.50. The second kappa shape index (κ2) is 5.85. The lowest BCUT2D eigenvalue weighted by atomic mass is 10.1. The molecule has 0 spiro atoms. The van der Waals surface area contributed by atoms with E-state index in [-0.39, 0.29) is 30.4 Å². The quantitative estimate of drug-likeness (QED) is 0.882. The predicted octanol–water partition coefficient (Wildman–Crippen LogP) is 1.52. The van der Waals surface area contributed by atoms with Crippen LogP contribution in [0, 0.1) is 5.92 Å². The van der Waals surface area contributed by atoms with E-state index in [2.05, 4.69) is 5.32 Å². The largest absolute Gasteiger partial charge is 0.392 e. The molecule has 21 heavy (non-hydrogen) atoms. The Bertz CT molecular complexity index is 554. The van der Waals surface area contributed by atoms with Gasteiger partial charge >= 0.3 is 0 Å². The Morgan fingerprint density at radius 3 is 2.71 bits per heavy atom. The lowest BCUT2D eigenvalue weighted by Crippen LogP contribution is -2.43. The fourth-order valence-corrected chi connectivity index (χ4v) is 2.86. The van der Waals surface area contributed by atoms with Gasteiger partial charge < -0.3 is 15.3 Å². The van der Waals surface area contributed by atoms with Gasteiger partial charge in [0.05, 0.1) is 6.61 Å². The number of aliphatic hydroxyl groups is 1. The summed E-state index contributed by atoms with van der Waals surface area (Å²) in [5.74, 6) is 0.119. The number of hydrogen-bond acceptors (Lipinski definition) is 3. The number of likely N-dealkylation sites (tertiary alicyclic amines) is 1. The third-order valence-corrected chi connectivity index (χ3v) is 4.21. The monoisotopic (exact) mass is 288 g/mol. The molecule has 5 heteroatoms. The van der Waals surface area contributed by atoms with Crippen molar-refractivity contribution in [1.82, 2.24) is 4.90 Å². The minimum Gasteiger partial charge on any atom is -0.392 e. The standard InChI is InChI=1S/C16H20N2O3/c19-10-12-4-1-2-5-13(12)17-15(20)14-6-3-9-18(14)16(21)11-7-8-11/h1-2,4-5,11,14,19H,3,6-10H2,(H,17,20). The summed E-state index contributed by atoms with van der Waals surface area (Å²) in [4.78, 5) is 26.4. The van der Waals surface area contributed by atoms with Crippen molar-refractivity contribution in [3.8, 4) is 0 Å². The topological polar surface area (TPSA) is 69.6 Å². The van der Waals surface area contributed by atoms with Crippen molar-refractivity contribution >= 4 is 17.5 Å². The van der Waals surface area contributed by atoms with E-state index in [9.17, 15) is 14.7 Å². The first-order valence-corrected chi connectivity index (χ1v) is 7.51. The van der Waals surface area contributed by atoms with E-state index < -0.39 is 0 Å². The number of carbonyl (C=O) groups excluding carboxylic acids is 2. The smallest absolute Gasteiger partial charge is 0.247 e. The van der Waals surface area contributed by atoms with E-state index in [0.717, 1.165) is 19.3 Å². The highest BCUT2D eigenvalue weighted by Crippen LogP contribution is 2.34. The Balaban J connectivity index is 1.70. The average Bonchev–Trinajstić information content (AvgIpc) is 3.23. The summed E-state index contributed by atoms with van der Waals surface area (Å²) in [6.45, 7) is 0.556. The minimum atomic E-state index is -0.371. The zero-order valence-corrected chi connectivity index (χ0v) is 11.9. The molecule has 2 fully saturated rings. The molecule has 3 rings (SSSR count). The summed E-state index contributed by atoms with van der Waals surface area (Å²) < 4.78 is 0. The maximum Gasteiger partial charge on any atom is 0.247 e. The molecule has 0 aromatic heterocycles. The predicted molar refractivity (Wildman–Crippen MR) is 78.5 cm³/mol. The number of amides is 2. The number of rotatable bonds is 4. The van der Waals surface area contributed by atoms with Crippen molar-refractivity contribution in [3.63, 3.8) is 0 Å². The molecule has 2 amide bonds. The Hall–Kier alpha value is -1.88. The van der Waals surface area contributed by atoms with Gasteiger partial charge in [0.25, 0.3) is 0 Å². The zero-order valence-electron chi connectivity index (χ0n) is 11.9. The van der Waals surface area contributed by atoms with Crippen LogP contribution in [-0.2, 0) is 16.2 Å². The van der Waals surface area contributed by atoms with Crippen molar-refractivity contribution in [2.45, 2.75) is 38.3 Å². The van der Waals surface area contributed by atoms with Crippen LogP contribution in [0.3, 0.4) is 0 Å². The lowest BCUT2D eigenvalue weighted by molar-refractivity contribution is -0.137. The van der Waals surface area contributed by atoms with Gasteiger partial charge in [-0.25, -0.2) is 0 Å². The molecule has 1 unspecified atom stereocenters. The van der Waals surface area contributed by atoms with Crippen LogP contribution >= 0.6 is 0 Å². The number of hydrogen-bond donors (Lipinski definition) is 2. The maximum absolute atomic E-state index is 12.5. The zero-order chi connectivity index (χ0) is 14.8. The number of aliphatic hydroxyl groups excluding tert-OH is 1. The van der Waals surface area contributed by atoms with Crippen molar-refractivity contribution in [1.29, 1.82) is 0 Å². The number of nitrogens with one attached hydrogen (secondary N) is 1. The first-order valence-electron chi connectivity index (χ1n) is 7.51. The molecule has 1 saturated carbocycles. The number of nitrogens with zero attached hydrogens (tertiary/aromatic N) is 1. The van der Waals surface area contributed by atoms with Crippen molar-refractivity contribution < 1.29 is 14.7 Å². The van der Waals surface area contributed by atoms with E-state index >= 15 is 0 Å². The van der Waals surface area contributed by atoms with Gasteiger partial charge in [0.2, 0.25) is 11.8 Å². The van der Waals surface area contributed by atoms with Crippen molar-refractivity contribution in [2.24, 2.45) is 5.92 Å². The lowest BCUT2D eigenvalue weighted by Gasteiger charge is -2.24. The molecule has 1 aromatic carbocycles. The highest BCUT2D eigenvalue weighted by Gasteiger charge is 2.40. The van der Waals surface area contributed by atoms with Gasteiger partial charge in [0.1, 0.15) is 6.04 Å². The van der Waals surface area contributed by atoms with Gasteiger partial charge in [-0.15, -0.1) is 0 Å². The van der Waals surface area contributed by atoms with Gasteiger partial charge in [-0.05, 0) is 31.7 Å². The number of carbonyl (C=O) groups is 2. The summed E-state index contributed by atoms with van der Waals surface area (Å²) in [5, 5.41) is 12.2. The summed E-state index contributed by atoms with van der Waals surface area (Å²) >= 11 is 0. The first kappa shape index (κ1) is 14.1. The Morgan fingerprint density at radius 2 is 2.00 bits per heavy atom. The highest BCUT2D eigenvalue weighted by molar-refractivity contribution is 5.98. The summed E-state index contributed by atoms with van der Waals surface area (Å²) in [5.41, 5.74) is 1.31. The second-order valence-electron chi connectivity index (χ2n) is 5.77. The highest BCUT2D eigenvalue weighted by atomic mass is 16.3. The van der Waals surface area contributed by atoms with Crippen LogP contribution in [0.4, 0.5) is 5.69 Å². The van der Waals surface area contributed by atoms with Crippen LogP contribution in [-0.4, -0.2) is 34.4 Å². The fourth-order valence-electron chi connectivity index (χ4n) is 2.86. The van der Waals surface area contributed by atoms with Crippen LogP contribution in [0.5, 0.6) is 0 Å². The number of benzene rings is 1. The molecule has 2 aliphatic rings. The Morgan fingerprint density at radius 1 is 1.24 bits per heavy atom. The van der Waals surface area contributed by atoms with E-state index in [4.69, 9.17) is 0 Å². The SMILES string of the molecule is O=C(Nc1ccccc1CO)C1CCCN1C(=O)C1CC1. The van der Waals surface area contributed by atoms with Crippen molar-refractivity contribution in [2.75, 3.05) is 11.9 Å². The van der Waals surface area contributed by atoms with Gasteiger partial charge in [0, 0.05) is 23.7 Å². The van der Waals surface area contributed by atoms with Crippen LogP contribution in [0.15, 0.2) is 24.3 Å². The van der Waals surface area contributed by atoms with Crippen LogP contribution in [0.25, 0.3) is 0 Å². The minimum absolute atomic E-state index is 0.119. The third-order valence-electron chi connectivity index (χ3n) is 4.21. The average molecular weight is 288 g/mol. The molecule has 1 heterocycles. The van der Waals surface area contributed by atoms with E-state index in [0.29, 0.717) is 24.2 Å². The second-order valence-corrected chi connectivity index (χ2v) is 5.77. The molecule has 112 valence electrons. The molecule has 1 atom stereocenters. The van der Waals surface area contributed by atoms with E-state index in [1.54, 1.807) is 17.0 Å². The Labute approximate surface area is 123 Å². The molecule has 2 N–H and O–H groups in total. The van der Waals surface area contributed by atoms with Crippen molar-refractivity contribution in [3.05, 3.63) is 29.8 Å². The molecule has 1 aliphatic heterocycles. The van der Waals surface area contributed by atoms with Gasteiger partial charge in [-0.1, -0.05) is 18.2 Å². The van der Waals surface area contributed by atoms with Crippen LogP contribution < -0.4 is 5.32 Å². The Kier molecular flexibility index (Phi) is 3.92.